The van der Waals surface area contributed by atoms with Gasteiger partial charge in [-0.05, 0) is 28.9 Å². The number of rotatable bonds is 4. The maximum absolute atomic E-state index is 13.8. The maximum atomic E-state index is 13.8. The van der Waals surface area contributed by atoms with Gasteiger partial charge in [0.15, 0.2) is 0 Å². The predicted octanol–water partition coefficient (Wildman–Crippen LogP) is 4.17. The minimum atomic E-state index is -0.683. The Kier molecular flexibility index (Phi) is 4.72. The molecular formula is C14H15BrF2N4. The zero-order chi connectivity index (χ0) is 15.6. The Hall–Kier alpha value is -1.76. The van der Waals surface area contributed by atoms with Crippen LogP contribution in [0.4, 0.5) is 26.1 Å². The fraction of sp³-hybridized carbons (Fsp3) is 0.286. The molecular weight excluding hydrogens is 342 g/mol. The molecule has 7 heteroatoms. The lowest BCUT2D eigenvalue weighted by Crippen LogP contribution is -2.07. The van der Waals surface area contributed by atoms with Crippen LogP contribution in [0.2, 0.25) is 0 Å². The van der Waals surface area contributed by atoms with Gasteiger partial charge in [-0.25, -0.2) is 18.7 Å². The van der Waals surface area contributed by atoms with Gasteiger partial charge in [-0.1, -0.05) is 6.92 Å². The van der Waals surface area contributed by atoms with Gasteiger partial charge >= 0.3 is 0 Å². The quantitative estimate of drug-likeness (QED) is 0.807. The van der Waals surface area contributed by atoms with Gasteiger partial charge in [0, 0.05) is 25.1 Å². The standard InChI is InChI=1S/C14H15BrF2N4/c1-4-12-20-13(18-3)7(2)14(21-12)19-11-5-8(15)9(16)6-10(11)17/h5-6H,4H2,1-3H3,(H2,18,19,20,21). The molecule has 0 amide bonds. The van der Waals surface area contributed by atoms with E-state index in [-0.39, 0.29) is 10.2 Å². The van der Waals surface area contributed by atoms with Crippen LogP contribution >= 0.6 is 15.9 Å². The highest BCUT2D eigenvalue weighted by atomic mass is 79.9. The van der Waals surface area contributed by atoms with E-state index >= 15 is 0 Å². The molecule has 0 aliphatic rings. The fourth-order valence-electron chi connectivity index (χ4n) is 1.83. The molecule has 0 saturated heterocycles. The molecule has 1 aromatic heterocycles. The first-order valence-electron chi connectivity index (χ1n) is 6.43. The summed E-state index contributed by atoms with van der Waals surface area (Å²) in [6, 6.07) is 2.17. The maximum Gasteiger partial charge on any atom is 0.149 e. The van der Waals surface area contributed by atoms with Crippen LogP contribution in [0.15, 0.2) is 16.6 Å². The lowest BCUT2D eigenvalue weighted by atomic mass is 10.2. The van der Waals surface area contributed by atoms with Crippen LogP contribution < -0.4 is 10.6 Å². The van der Waals surface area contributed by atoms with Crippen molar-refractivity contribution in [2.75, 3.05) is 17.7 Å². The van der Waals surface area contributed by atoms with Crippen LogP contribution in [-0.2, 0) is 6.42 Å². The van der Waals surface area contributed by atoms with Crippen molar-refractivity contribution in [3.05, 3.63) is 39.6 Å². The molecule has 0 fully saturated rings. The zero-order valence-corrected chi connectivity index (χ0v) is 13.5. The van der Waals surface area contributed by atoms with Crippen molar-refractivity contribution in [2.24, 2.45) is 0 Å². The second-order valence-corrected chi connectivity index (χ2v) is 5.29. The van der Waals surface area contributed by atoms with Crippen molar-refractivity contribution in [3.63, 3.8) is 0 Å². The van der Waals surface area contributed by atoms with Gasteiger partial charge < -0.3 is 10.6 Å². The van der Waals surface area contributed by atoms with Gasteiger partial charge in [-0.15, -0.1) is 0 Å². The second kappa shape index (κ2) is 6.34. The summed E-state index contributed by atoms with van der Waals surface area (Å²) in [7, 11) is 1.76. The third kappa shape index (κ3) is 3.29. The van der Waals surface area contributed by atoms with E-state index in [9.17, 15) is 8.78 Å². The van der Waals surface area contributed by atoms with Gasteiger partial charge in [0.25, 0.3) is 0 Å². The van der Waals surface area contributed by atoms with Gasteiger partial charge in [0.1, 0.15) is 29.1 Å². The van der Waals surface area contributed by atoms with Gasteiger partial charge in [0.05, 0.1) is 10.2 Å². The number of benzene rings is 1. The fourth-order valence-corrected chi connectivity index (χ4v) is 2.18. The van der Waals surface area contributed by atoms with E-state index in [1.807, 2.05) is 13.8 Å². The summed E-state index contributed by atoms with van der Waals surface area (Å²) >= 11 is 3.04. The number of nitrogens with zero attached hydrogens (tertiary/aromatic N) is 2. The molecule has 0 aliphatic carbocycles. The van der Waals surface area contributed by atoms with Crippen molar-refractivity contribution >= 4 is 33.3 Å². The van der Waals surface area contributed by atoms with Crippen molar-refractivity contribution in [2.45, 2.75) is 20.3 Å². The zero-order valence-electron chi connectivity index (χ0n) is 11.9. The van der Waals surface area contributed by atoms with Crippen LogP contribution in [0, 0.1) is 18.6 Å². The molecule has 0 bridgehead atoms. The summed E-state index contributed by atoms with van der Waals surface area (Å²) in [5.41, 5.74) is 0.906. The summed E-state index contributed by atoms with van der Waals surface area (Å²) in [5, 5.41) is 5.87. The first kappa shape index (κ1) is 15.6. The van der Waals surface area contributed by atoms with E-state index in [1.54, 1.807) is 7.05 Å². The lowest BCUT2D eigenvalue weighted by Gasteiger charge is -2.14. The monoisotopic (exact) mass is 356 g/mol. The smallest absolute Gasteiger partial charge is 0.149 e. The van der Waals surface area contributed by atoms with Crippen molar-refractivity contribution in [1.82, 2.24) is 9.97 Å². The molecule has 21 heavy (non-hydrogen) atoms. The lowest BCUT2D eigenvalue weighted by molar-refractivity contribution is 0.581. The molecule has 0 unspecified atom stereocenters. The molecule has 1 heterocycles. The molecule has 2 rings (SSSR count). The number of aromatic nitrogens is 2. The molecule has 1 aromatic carbocycles. The Labute approximate surface area is 130 Å². The Morgan fingerprint density at radius 2 is 1.81 bits per heavy atom. The molecule has 0 saturated carbocycles. The molecule has 0 spiro atoms. The highest BCUT2D eigenvalue weighted by Crippen LogP contribution is 2.28. The van der Waals surface area contributed by atoms with E-state index < -0.39 is 11.6 Å². The molecule has 0 radical (unpaired) electrons. The average Bonchev–Trinajstić information content (AvgIpc) is 2.46. The Balaban J connectivity index is 2.46. The van der Waals surface area contributed by atoms with Crippen molar-refractivity contribution < 1.29 is 8.78 Å². The van der Waals surface area contributed by atoms with E-state index in [0.29, 0.717) is 23.9 Å². The van der Waals surface area contributed by atoms with Crippen LogP contribution in [0.25, 0.3) is 0 Å². The largest absolute Gasteiger partial charge is 0.373 e. The average molecular weight is 357 g/mol. The third-order valence-corrected chi connectivity index (χ3v) is 3.62. The van der Waals surface area contributed by atoms with Crippen LogP contribution in [0.3, 0.4) is 0 Å². The first-order chi connectivity index (χ1) is 9.96. The molecule has 2 N–H and O–H groups in total. The van der Waals surface area contributed by atoms with Crippen molar-refractivity contribution in [1.29, 1.82) is 0 Å². The summed E-state index contributed by atoms with van der Waals surface area (Å²) < 4.78 is 27.3. The van der Waals surface area contributed by atoms with E-state index in [1.165, 1.54) is 6.07 Å². The summed E-state index contributed by atoms with van der Waals surface area (Å²) in [6.07, 6.45) is 0.652. The minimum absolute atomic E-state index is 0.147. The highest BCUT2D eigenvalue weighted by Gasteiger charge is 2.13. The highest BCUT2D eigenvalue weighted by molar-refractivity contribution is 9.10. The number of aryl methyl sites for hydroxylation is 1. The van der Waals surface area contributed by atoms with Crippen LogP contribution in [0.1, 0.15) is 18.3 Å². The second-order valence-electron chi connectivity index (χ2n) is 4.44. The number of hydrogen-bond donors (Lipinski definition) is 2. The Bertz CT molecular complexity index is 677. The summed E-state index contributed by atoms with van der Waals surface area (Å²) in [5.74, 6) is 0.462. The SMILES string of the molecule is CCc1nc(NC)c(C)c(Nc2cc(Br)c(F)cc2F)n1. The van der Waals surface area contributed by atoms with Crippen LogP contribution in [-0.4, -0.2) is 17.0 Å². The number of halogens is 3. The predicted molar refractivity (Wildman–Crippen MR) is 83.0 cm³/mol. The minimum Gasteiger partial charge on any atom is -0.373 e. The van der Waals surface area contributed by atoms with E-state index in [2.05, 4.69) is 36.5 Å². The summed E-state index contributed by atoms with van der Waals surface area (Å²) in [4.78, 5) is 8.69. The van der Waals surface area contributed by atoms with Gasteiger partial charge in [-0.2, -0.15) is 0 Å². The molecule has 112 valence electrons. The van der Waals surface area contributed by atoms with Crippen molar-refractivity contribution in [3.8, 4) is 0 Å². The Morgan fingerprint density at radius 3 is 2.43 bits per heavy atom. The van der Waals surface area contributed by atoms with Gasteiger partial charge in [-0.3, -0.25) is 0 Å². The summed E-state index contributed by atoms with van der Waals surface area (Å²) in [6.45, 7) is 3.76. The molecule has 4 nitrogen and oxygen atoms in total. The molecule has 0 aliphatic heterocycles. The van der Waals surface area contributed by atoms with E-state index in [4.69, 9.17) is 0 Å². The molecule has 0 atom stereocenters. The molecule has 2 aromatic rings. The van der Waals surface area contributed by atoms with E-state index in [0.717, 1.165) is 11.6 Å². The number of nitrogens with one attached hydrogen (secondary N) is 2. The third-order valence-electron chi connectivity index (χ3n) is 3.01. The number of hydrogen-bond acceptors (Lipinski definition) is 4. The normalized spacial score (nSPS) is 10.6. The van der Waals surface area contributed by atoms with Gasteiger partial charge in [0.2, 0.25) is 0 Å². The topological polar surface area (TPSA) is 49.8 Å². The first-order valence-corrected chi connectivity index (χ1v) is 7.22. The van der Waals surface area contributed by atoms with Crippen LogP contribution in [0.5, 0.6) is 0 Å². The number of anilines is 3. The Morgan fingerprint density at radius 1 is 1.14 bits per heavy atom.